The lowest BCUT2D eigenvalue weighted by molar-refractivity contribution is 0.210. The van der Waals surface area contributed by atoms with Crippen LogP contribution in [0.15, 0.2) is 5.16 Å². The molecule has 1 rings (SSSR count). The van der Waals surface area contributed by atoms with Crippen LogP contribution in [0.25, 0.3) is 0 Å². The number of oxime groups is 1. The first-order valence-corrected chi connectivity index (χ1v) is 4.48. The zero-order chi connectivity index (χ0) is 8.10. The maximum Gasteiger partial charge on any atom is 0.106 e. The van der Waals surface area contributed by atoms with Crippen molar-refractivity contribution >= 4 is 5.71 Å². The highest BCUT2D eigenvalue weighted by Gasteiger charge is 2.19. The second-order valence-corrected chi connectivity index (χ2v) is 3.10. The summed E-state index contributed by atoms with van der Waals surface area (Å²) in [5.74, 6) is 0.722. The minimum absolute atomic E-state index is 0.722. The van der Waals surface area contributed by atoms with E-state index in [1.54, 1.807) is 7.11 Å². The normalized spacial score (nSPS) is 20.7. The predicted molar refractivity (Wildman–Crippen MR) is 46.7 cm³/mol. The second-order valence-electron chi connectivity index (χ2n) is 3.10. The molecule has 0 unspecified atom stereocenters. The summed E-state index contributed by atoms with van der Waals surface area (Å²) in [5.41, 5.74) is 1.25. The molecule has 2 heteroatoms. The molecule has 0 radical (unpaired) electrons. The molecule has 0 atom stereocenters. The molecular formula is C9H17NO. The standard InChI is InChI=1S/C9H17NO/c1-3-9(10-11-2)8-6-4-5-7-8/h8H,3-7H2,1-2H3/b10-9+. The van der Waals surface area contributed by atoms with Crippen LogP contribution in [0.1, 0.15) is 39.0 Å². The van der Waals surface area contributed by atoms with E-state index in [4.69, 9.17) is 4.84 Å². The molecule has 0 bridgehead atoms. The molecule has 0 aliphatic heterocycles. The molecule has 0 heterocycles. The number of nitrogens with zero attached hydrogens (tertiary/aromatic N) is 1. The molecule has 64 valence electrons. The van der Waals surface area contributed by atoms with Crippen molar-refractivity contribution in [2.24, 2.45) is 11.1 Å². The minimum atomic E-state index is 0.722. The van der Waals surface area contributed by atoms with Gasteiger partial charge in [-0.15, -0.1) is 0 Å². The van der Waals surface area contributed by atoms with E-state index in [1.165, 1.54) is 31.4 Å². The molecule has 0 aromatic heterocycles. The fourth-order valence-electron chi connectivity index (χ4n) is 1.80. The van der Waals surface area contributed by atoms with Crippen LogP contribution in [0.4, 0.5) is 0 Å². The van der Waals surface area contributed by atoms with Crippen molar-refractivity contribution in [1.29, 1.82) is 0 Å². The van der Waals surface area contributed by atoms with Crippen molar-refractivity contribution in [3.05, 3.63) is 0 Å². The van der Waals surface area contributed by atoms with Gasteiger partial charge in [0.1, 0.15) is 7.11 Å². The first kappa shape index (κ1) is 8.57. The van der Waals surface area contributed by atoms with Gasteiger partial charge in [-0.25, -0.2) is 0 Å². The van der Waals surface area contributed by atoms with Crippen molar-refractivity contribution in [2.45, 2.75) is 39.0 Å². The van der Waals surface area contributed by atoms with Gasteiger partial charge in [0.15, 0.2) is 0 Å². The quantitative estimate of drug-likeness (QED) is 0.453. The summed E-state index contributed by atoms with van der Waals surface area (Å²) in [6, 6.07) is 0. The minimum Gasteiger partial charge on any atom is -0.399 e. The molecule has 1 fully saturated rings. The smallest absolute Gasteiger partial charge is 0.106 e. The van der Waals surface area contributed by atoms with Crippen LogP contribution in [0.2, 0.25) is 0 Å². The van der Waals surface area contributed by atoms with Crippen molar-refractivity contribution in [3.63, 3.8) is 0 Å². The predicted octanol–water partition coefficient (Wildman–Crippen LogP) is 2.59. The van der Waals surface area contributed by atoms with Gasteiger partial charge in [-0.05, 0) is 19.3 Å². The molecule has 0 aromatic rings. The first-order valence-electron chi connectivity index (χ1n) is 4.48. The van der Waals surface area contributed by atoms with Crippen LogP contribution in [0, 0.1) is 5.92 Å². The Kier molecular flexibility index (Phi) is 3.40. The van der Waals surface area contributed by atoms with E-state index in [0.717, 1.165) is 12.3 Å². The van der Waals surface area contributed by atoms with Crippen LogP contribution in [0.5, 0.6) is 0 Å². The average molecular weight is 155 g/mol. The average Bonchev–Trinajstić information content (AvgIpc) is 2.52. The summed E-state index contributed by atoms with van der Waals surface area (Å²) in [6.45, 7) is 2.15. The summed E-state index contributed by atoms with van der Waals surface area (Å²) in [4.78, 5) is 4.80. The Labute approximate surface area is 68.6 Å². The second kappa shape index (κ2) is 4.37. The Balaban J connectivity index is 2.46. The summed E-state index contributed by atoms with van der Waals surface area (Å²) in [5, 5.41) is 4.04. The molecule has 2 nitrogen and oxygen atoms in total. The van der Waals surface area contributed by atoms with Gasteiger partial charge in [-0.2, -0.15) is 0 Å². The molecule has 1 saturated carbocycles. The molecule has 1 aliphatic carbocycles. The number of hydrogen-bond acceptors (Lipinski definition) is 2. The van der Waals surface area contributed by atoms with E-state index in [0.29, 0.717) is 0 Å². The number of rotatable bonds is 3. The first-order chi connectivity index (χ1) is 5.38. The van der Waals surface area contributed by atoms with Crippen molar-refractivity contribution in [1.82, 2.24) is 0 Å². The summed E-state index contributed by atoms with van der Waals surface area (Å²) >= 11 is 0. The molecule has 0 N–H and O–H groups in total. The number of hydrogen-bond donors (Lipinski definition) is 0. The lowest BCUT2D eigenvalue weighted by atomic mass is 10.0. The zero-order valence-corrected chi connectivity index (χ0v) is 7.47. The van der Waals surface area contributed by atoms with Gasteiger partial charge in [0.25, 0.3) is 0 Å². The van der Waals surface area contributed by atoms with Gasteiger partial charge < -0.3 is 4.84 Å². The largest absolute Gasteiger partial charge is 0.399 e. The van der Waals surface area contributed by atoms with Gasteiger partial charge in [0, 0.05) is 5.92 Å². The van der Waals surface area contributed by atoms with E-state index < -0.39 is 0 Å². The highest BCUT2D eigenvalue weighted by atomic mass is 16.6. The highest BCUT2D eigenvalue weighted by Crippen LogP contribution is 2.27. The molecule has 0 spiro atoms. The van der Waals surface area contributed by atoms with Crippen LogP contribution in [-0.4, -0.2) is 12.8 Å². The zero-order valence-electron chi connectivity index (χ0n) is 7.47. The van der Waals surface area contributed by atoms with Crippen molar-refractivity contribution < 1.29 is 4.84 Å². The summed E-state index contributed by atoms with van der Waals surface area (Å²) in [7, 11) is 1.63. The Bertz CT molecular complexity index is 136. The Morgan fingerprint density at radius 2 is 2.09 bits per heavy atom. The van der Waals surface area contributed by atoms with Gasteiger partial charge in [0.05, 0.1) is 5.71 Å². The van der Waals surface area contributed by atoms with E-state index in [9.17, 15) is 0 Å². The Morgan fingerprint density at radius 1 is 1.45 bits per heavy atom. The topological polar surface area (TPSA) is 21.6 Å². The molecule has 0 saturated heterocycles. The third-order valence-electron chi connectivity index (χ3n) is 2.40. The monoisotopic (exact) mass is 155 g/mol. The van der Waals surface area contributed by atoms with Gasteiger partial charge in [-0.1, -0.05) is 24.9 Å². The van der Waals surface area contributed by atoms with Crippen LogP contribution >= 0.6 is 0 Å². The van der Waals surface area contributed by atoms with Crippen molar-refractivity contribution in [2.75, 3.05) is 7.11 Å². The Hall–Kier alpha value is -0.530. The van der Waals surface area contributed by atoms with Crippen LogP contribution in [-0.2, 0) is 4.84 Å². The highest BCUT2D eigenvalue weighted by molar-refractivity contribution is 5.86. The summed E-state index contributed by atoms with van der Waals surface area (Å²) < 4.78 is 0. The molecular weight excluding hydrogens is 138 g/mol. The van der Waals surface area contributed by atoms with Gasteiger partial charge >= 0.3 is 0 Å². The molecule has 0 amide bonds. The third kappa shape index (κ3) is 2.21. The van der Waals surface area contributed by atoms with Crippen LogP contribution < -0.4 is 0 Å². The SMILES string of the molecule is CC/C(=N\OC)C1CCCC1. The molecule has 1 aliphatic rings. The fraction of sp³-hybridized carbons (Fsp3) is 0.889. The van der Waals surface area contributed by atoms with Crippen molar-refractivity contribution in [3.8, 4) is 0 Å². The van der Waals surface area contributed by atoms with E-state index in [1.807, 2.05) is 0 Å². The lowest BCUT2D eigenvalue weighted by Gasteiger charge is -2.09. The summed E-state index contributed by atoms with van der Waals surface area (Å²) in [6.07, 6.45) is 6.41. The van der Waals surface area contributed by atoms with Gasteiger partial charge in [0.2, 0.25) is 0 Å². The Morgan fingerprint density at radius 3 is 2.55 bits per heavy atom. The molecule has 0 aromatic carbocycles. The van der Waals surface area contributed by atoms with E-state index in [-0.39, 0.29) is 0 Å². The fourth-order valence-corrected chi connectivity index (χ4v) is 1.80. The maximum atomic E-state index is 4.80. The maximum absolute atomic E-state index is 4.80. The third-order valence-corrected chi connectivity index (χ3v) is 2.40. The lowest BCUT2D eigenvalue weighted by Crippen LogP contribution is -2.09. The van der Waals surface area contributed by atoms with Crippen LogP contribution in [0.3, 0.4) is 0 Å². The molecule has 11 heavy (non-hydrogen) atoms. The van der Waals surface area contributed by atoms with Gasteiger partial charge in [-0.3, -0.25) is 0 Å². The van der Waals surface area contributed by atoms with E-state index in [2.05, 4.69) is 12.1 Å². The van der Waals surface area contributed by atoms with E-state index >= 15 is 0 Å².